The van der Waals surface area contributed by atoms with Crippen molar-refractivity contribution in [2.24, 2.45) is 0 Å². The summed E-state index contributed by atoms with van der Waals surface area (Å²) < 4.78 is 5.43. The van der Waals surface area contributed by atoms with Gasteiger partial charge in [-0.25, -0.2) is 4.98 Å². The number of hydrogen-bond donors (Lipinski definition) is 2. The third-order valence-electron chi connectivity index (χ3n) is 4.08. The number of anilines is 2. The number of aromatic nitrogens is 2. The van der Waals surface area contributed by atoms with Gasteiger partial charge in [-0.2, -0.15) is 4.98 Å². The van der Waals surface area contributed by atoms with Gasteiger partial charge >= 0.3 is 0 Å². The molecule has 1 aliphatic rings. The molecular weight excluding hydrogens is 276 g/mol. The highest BCUT2D eigenvalue weighted by Gasteiger charge is 2.20. The summed E-state index contributed by atoms with van der Waals surface area (Å²) in [6.45, 7) is 6.45. The molecule has 3 N–H and O–H groups in total. The van der Waals surface area contributed by atoms with Crippen LogP contribution in [0.15, 0.2) is 24.3 Å². The second-order valence-corrected chi connectivity index (χ2v) is 5.88. The van der Waals surface area contributed by atoms with Gasteiger partial charge in [-0.1, -0.05) is 23.8 Å². The minimum atomic E-state index is 0.313. The summed E-state index contributed by atoms with van der Waals surface area (Å²) in [5.74, 6) is 1.41. The van der Waals surface area contributed by atoms with Crippen LogP contribution in [0.5, 0.6) is 0 Å². The van der Waals surface area contributed by atoms with Crippen LogP contribution in [0.3, 0.4) is 0 Å². The second-order valence-electron chi connectivity index (χ2n) is 5.88. The van der Waals surface area contributed by atoms with E-state index in [1.54, 1.807) is 0 Å². The standard InChI is InChI=1S/C17H22N4O/c1-11-3-4-12(2)14(7-11)9-19-16-8-15(20-17(18)21-16)13-5-6-22-10-13/h3-4,7-8,13H,5-6,9-10H2,1-2H3,(H3,18,19,20,21)/t13-/m1/s1. The van der Waals surface area contributed by atoms with E-state index < -0.39 is 0 Å². The van der Waals surface area contributed by atoms with Gasteiger partial charge < -0.3 is 15.8 Å². The molecule has 5 heteroatoms. The Morgan fingerprint density at radius 3 is 2.91 bits per heavy atom. The van der Waals surface area contributed by atoms with Crippen molar-refractivity contribution >= 4 is 11.8 Å². The summed E-state index contributed by atoms with van der Waals surface area (Å²) in [4.78, 5) is 8.64. The number of nitrogen functional groups attached to an aromatic ring is 1. The van der Waals surface area contributed by atoms with Crippen LogP contribution in [0.1, 0.15) is 34.7 Å². The zero-order chi connectivity index (χ0) is 15.5. The highest BCUT2D eigenvalue weighted by atomic mass is 16.5. The molecule has 1 saturated heterocycles. The minimum Gasteiger partial charge on any atom is -0.381 e. The fourth-order valence-electron chi connectivity index (χ4n) is 2.73. The Bertz CT molecular complexity index is 666. The Labute approximate surface area is 130 Å². The van der Waals surface area contributed by atoms with Gasteiger partial charge in [0.15, 0.2) is 0 Å². The Kier molecular flexibility index (Phi) is 4.24. The number of nitrogens with one attached hydrogen (secondary N) is 1. The molecule has 1 aromatic heterocycles. The van der Waals surface area contributed by atoms with Gasteiger partial charge in [0.2, 0.25) is 5.95 Å². The van der Waals surface area contributed by atoms with Crippen molar-refractivity contribution in [2.75, 3.05) is 24.3 Å². The lowest BCUT2D eigenvalue weighted by Crippen LogP contribution is -2.09. The maximum Gasteiger partial charge on any atom is 0.222 e. The third-order valence-corrected chi connectivity index (χ3v) is 4.08. The molecule has 1 aliphatic heterocycles. The smallest absolute Gasteiger partial charge is 0.222 e. The van der Waals surface area contributed by atoms with Crippen LogP contribution in [0, 0.1) is 13.8 Å². The average Bonchev–Trinajstić information content (AvgIpc) is 3.02. The Balaban J connectivity index is 1.75. The maximum atomic E-state index is 5.85. The van der Waals surface area contributed by atoms with Crippen LogP contribution in [0.2, 0.25) is 0 Å². The van der Waals surface area contributed by atoms with Gasteiger partial charge in [0.1, 0.15) is 5.82 Å². The molecule has 0 unspecified atom stereocenters. The van der Waals surface area contributed by atoms with E-state index in [1.807, 2.05) is 6.07 Å². The van der Waals surface area contributed by atoms with E-state index in [4.69, 9.17) is 10.5 Å². The number of rotatable bonds is 4. The zero-order valence-corrected chi connectivity index (χ0v) is 13.1. The van der Waals surface area contributed by atoms with Crippen molar-refractivity contribution in [3.63, 3.8) is 0 Å². The summed E-state index contributed by atoms with van der Waals surface area (Å²) in [5.41, 5.74) is 10.6. The van der Waals surface area contributed by atoms with Crippen LogP contribution >= 0.6 is 0 Å². The van der Waals surface area contributed by atoms with E-state index >= 15 is 0 Å². The lowest BCUT2D eigenvalue weighted by Gasteiger charge is -2.12. The van der Waals surface area contributed by atoms with E-state index in [0.29, 0.717) is 18.5 Å². The molecule has 5 nitrogen and oxygen atoms in total. The van der Waals surface area contributed by atoms with E-state index in [9.17, 15) is 0 Å². The first-order valence-corrected chi connectivity index (χ1v) is 7.64. The topological polar surface area (TPSA) is 73.1 Å². The van der Waals surface area contributed by atoms with Crippen molar-refractivity contribution < 1.29 is 4.74 Å². The van der Waals surface area contributed by atoms with E-state index in [-0.39, 0.29) is 0 Å². The van der Waals surface area contributed by atoms with Crippen LogP contribution in [0.25, 0.3) is 0 Å². The van der Waals surface area contributed by atoms with Crippen LogP contribution in [0.4, 0.5) is 11.8 Å². The van der Waals surface area contributed by atoms with Crippen molar-refractivity contribution in [3.05, 3.63) is 46.6 Å². The summed E-state index contributed by atoms with van der Waals surface area (Å²) in [6, 6.07) is 8.45. The van der Waals surface area contributed by atoms with E-state index in [2.05, 4.69) is 47.3 Å². The summed E-state index contributed by atoms with van der Waals surface area (Å²) in [6.07, 6.45) is 0.993. The summed E-state index contributed by atoms with van der Waals surface area (Å²) >= 11 is 0. The highest BCUT2D eigenvalue weighted by Crippen LogP contribution is 2.25. The minimum absolute atomic E-state index is 0.313. The van der Waals surface area contributed by atoms with Gasteiger partial charge in [0.05, 0.1) is 12.3 Å². The van der Waals surface area contributed by atoms with Gasteiger partial charge in [-0.15, -0.1) is 0 Å². The molecule has 2 aromatic rings. The van der Waals surface area contributed by atoms with Crippen molar-refractivity contribution in [3.8, 4) is 0 Å². The summed E-state index contributed by atoms with van der Waals surface area (Å²) in [5, 5.41) is 3.36. The normalized spacial score (nSPS) is 17.6. The van der Waals surface area contributed by atoms with Gasteiger partial charge in [0, 0.05) is 25.1 Å². The zero-order valence-electron chi connectivity index (χ0n) is 13.1. The van der Waals surface area contributed by atoms with Crippen LogP contribution in [-0.2, 0) is 11.3 Å². The predicted molar refractivity (Wildman–Crippen MR) is 87.9 cm³/mol. The van der Waals surface area contributed by atoms with Gasteiger partial charge in [-0.3, -0.25) is 0 Å². The number of ether oxygens (including phenoxy) is 1. The first-order valence-electron chi connectivity index (χ1n) is 7.64. The highest BCUT2D eigenvalue weighted by molar-refractivity contribution is 5.43. The molecule has 22 heavy (non-hydrogen) atoms. The van der Waals surface area contributed by atoms with Crippen molar-refractivity contribution in [1.82, 2.24) is 9.97 Å². The van der Waals surface area contributed by atoms with Crippen LogP contribution in [-0.4, -0.2) is 23.2 Å². The molecule has 1 atom stereocenters. The molecule has 1 fully saturated rings. The first kappa shape index (κ1) is 14.8. The summed E-state index contributed by atoms with van der Waals surface area (Å²) in [7, 11) is 0. The Morgan fingerprint density at radius 1 is 1.27 bits per heavy atom. The second kappa shape index (κ2) is 6.32. The molecule has 116 valence electrons. The lowest BCUT2D eigenvalue weighted by atomic mass is 10.0. The monoisotopic (exact) mass is 298 g/mol. The van der Waals surface area contributed by atoms with Gasteiger partial charge in [-0.05, 0) is 31.4 Å². The molecule has 3 rings (SSSR count). The van der Waals surface area contributed by atoms with E-state index in [1.165, 1.54) is 16.7 Å². The molecule has 0 radical (unpaired) electrons. The fraction of sp³-hybridized carbons (Fsp3) is 0.412. The Hall–Kier alpha value is -2.14. The molecule has 2 heterocycles. The predicted octanol–water partition coefficient (Wildman–Crippen LogP) is 2.79. The molecule has 0 spiro atoms. The quantitative estimate of drug-likeness (QED) is 0.908. The lowest BCUT2D eigenvalue weighted by molar-refractivity contribution is 0.193. The van der Waals surface area contributed by atoms with Crippen molar-refractivity contribution in [1.29, 1.82) is 0 Å². The van der Waals surface area contributed by atoms with Gasteiger partial charge in [0.25, 0.3) is 0 Å². The number of benzene rings is 1. The molecule has 0 amide bonds. The number of nitrogens with zero attached hydrogens (tertiary/aromatic N) is 2. The fourth-order valence-corrected chi connectivity index (χ4v) is 2.73. The molecular formula is C17H22N4O. The first-order chi connectivity index (χ1) is 10.6. The number of nitrogens with two attached hydrogens (primary N) is 1. The van der Waals surface area contributed by atoms with E-state index in [0.717, 1.165) is 31.1 Å². The van der Waals surface area contributed by atoms with Crippen LogP contribution < -0.4 is 11.1 Å². The molecule has 1 aromatic carbocycles. The molecule has 0 bridgehead atoms. The Morgan fingerprint density at radius 2 is 2.14 bits per heavy atom. The molecule has 0 saturated carbocycles. The molecule has 0 aliphatic carbocycles. The maximum absolute atomic E-state index is 5.85. The SMILES string of the molecule is Cc1ccc(C)c(CNc2cc([C@@H]3CCOC3)nc(N)n2)c1. The number of aryl methyl sites for hydroxylation is 2. The third kappa shape index (κ3) is 3.36. The van der Waals surface area contributed by atoms with Crippen molar-refractivity contribution in [2.45, 2.75) is 32.7 Å². The average molecular weight is 298 g/mol. The largest absolute Gasteiger partial charge is 0.381 e. The number of hydrogen-bond acceptors (Lipinski definition) is 5.